The van der Waals surface area contributed by atoms with Crippen LogP contribution in [0.3, 0.4) is 0 Å². The summed E-state index contributed by atoms with van der Waals surface area (Å²) in [6, 6.07) is 0. The van der Waals surface area contributed by atoms with Gasteiger partial charge < -0.3 is 4.89 Å². The first kappa shape index (κ1) is 13.2. The van der Waals surface area contributed by atoms with E-state index in [1.165, 1.54) is 51.0 Å². The largest absolute Gasteiger partial charge is 0.344 e. The van der Waals surface area contributed by atoms with Crippen molar-refractivity contribution in [2.45, 2.75) is 51.4 Å². The fourth-order valence-corrected chi connectivity index (χ4v) is 1.65. The van der Waals surface area contributed by atoms with Crippen LogP contribution >= 0.6 is 0 Å². The molecule has 0 radical (unpaired) electrons. The third kappa shape index (κ3) is 8.41. The van der Waals surface area contributed by atoms with Crippen molar-refractivity contribution in [2.75, 3.05) is 13.2 Å². The lowest BCUT2D eigenvalue weighted by molar-refractivity contribution is -0.249. The molecule has 1 heterocycles. The summed E-state index contributed by atoms with van der Waals surface area (Å²) in [6.07, 6.45) is 12.9. The quantitative estimate of drug-likeness (QED) is 0.586. The molecule has 4 heteroatoms. The highest BCUT2D eigenvalue weighted by Crippen LogP contribution is 2.09. The van der Waals surface area contributed by atoms with E-state index in [9.17, 15) is 0 Å². The second-order valence-electron chi connectivity index (χ2n) is 4.01. The van der Waals surface area contributed by atoms with Crippen molar-refractivity contribution in [2.24, 2.45) is 10.2 Å². The van der Waals surface area contributed by atoms with Gasteiger partial charge in [0.05, 0.1) is 19.4 Å². The van der Waals surface area contributed by atoms with Gasteiger partial charge in [0.2, 0.25) is 0 Å². The maximum Gasteiger partial charge on any atom is 0.149 e. The molecule has 16 heavy (non-hydrogen) atoms. The number of nitrogens with zero attached hydrogens (tertiary/aromatic N) is 2. The zero-order valence-corrected chi connectivity index (χ0v) is 9.94. The number of hydrogen-bond donors (Lipinski definition) is 0. The van der Waals surface area contributed by atoms with Crippen LogP contribution in [0.15, 0.2) is 22.7 Å². The molecule has 0 saturated carbocycles. The van der Waals surface area contributed by atoms with E-state index in [0.717, 1.165) is 19.4 Å². The normalized spacial score (nSPS) is 21.5. The van der Waals surface area contributed by atoms with E-state index in [1.807, 2.05) is 0 Å². The average molecular weight is 226 g/mol. The van der Waals surface area contributed by atoms with Gasteiger partial charge in [0.15, 0.2) is 0 Å². The second-order valence-corrected chi connectivity index (χ2v) is 4.01. The number of rotatable bonds is 0. The smallest absolute Gasteiger partial charge is 0.149 e. The van der Waals surface area contributed by atoms with Gasteiger partial charge in [-0.25, -0.2) is 0 Å². The lowest BCUT2D eigenvalue weighted by atomic mass is 10.1. The van der Waals surface area contributed by atoms with Crippen molar-refractivity contribution in [3.8, 4) is 0 Å². The van der Waals surface area contributed by atoms with E-state index in [1.54, 1.807) is 0 Å². The summed E-state index contributed by atoms with van der Waals surface area (Å²) in [7, 11) is 0. The Balaban J connectivity index is 2.15. The molecule has 4 nitrogen and oxygen atoms in total. The number of hydrogen-bond acceptors (Lipinski definition) is 4. The van der Waals surface area contributed by atoms with Crippen molar-refractivity contribution >= 4 is 0 Å². The van der Waals surface area contributed by atoms with E-state index in [0.29, 0.717) is 6.61 Å². The molecule has 0 unspecified atom stereocenters. The summed E-state index contributed by atoms with van der Waals surface area (Å²) < 4.78 is 0. The van der Waals surface area contributed by atoms with Gasteiger partial charge in [-0.2, -0.15) is 15.1 Å². The summed E-state index contributed by atoms with van der Waals surface area (Å²) in [4.78, 5) is 9.75. The van der Waals surface area contributed by atoms with E-state index < -0.39 is 0 Å². The SMILES string of the molecule is C1=COOCCCCCCCCCCN=N1. The minimum atomic E-state index is 0.654. The van der Waals surface area contributed by atoms with Gasteiger partial charge in [0.1, 0.15) is 6.26 Å². The van der Waals surface area contributed by atoms with Gasteiger partial charge in [0.25, 0.3) is 0 Å². The average Bonchev–Trinajstić information content (AvgIpc) is 2.29. The van der Waals surface area contributed by atoms with Gasteiger partial charge >= 0.3 is 0 Å². The highest BCUT2D eigenvalue weighted by molar-refractivity contribution is 4.66. The van der Waals surface area contributed by atoms with E-state index in [4.69, 9.17) is 9.78 Å². The van der Waals surface area contributed by atoms with Gasteiger partial charge in [-0.05, 0) is 12.8 Å². The molecular formula is C12H22N2O2. The predicted molar refractivity (Wildman–Crippen MR) is 62.8 cm³/mol. The molecule has 0 saturated heterocycles. The fraction of sp³-hybridized carbons (Fsp3) is 0.833. The molecule has 0 amide bonds. The molecule has 0 aromatic rings. The van der Waals surface area contributed by atoms with Crippen LogP contribution < -0.4 is 0 Å². The summed E-state index contributed by atoms with van der Waals surface area (Å²) in [5.74, 6) is 0. The van der Waals surface area contributed by atoms with E-state index in [-0.39, 0.29) is 0 Å². The Bertz CT molecular complexity index is 183. The Morgan fingerprint density at radius 2 is 1.50 bits per heavy atom. The van der Waals surface area contributed by atoms with Gasteiger partial charge in [-0.3, -0.25) is 0 Å². The van der Waals surface area contributed by atoms with Gasteiger partial charge in [-0.15, -0.1) is 0 Å². The molecule has 0 aromatic carbocycles. The summed E-state index contributed by atoms with van der Waals surface area (Å²) in [6.45, 7) is 1.46. The summed E-state index contributed by atoms with van der Waals surface area (Å²) >= 11 is 0. The lowest BCUT2D eigenvalue weighted by Gasteiger charge is -2.02. The molecule has 0 fully saturated rings. The number of azo groups is 1. The minimum Gasteiger partial charge on any atom is -0.344 e. The maximum atomic E-state index is 4.95. The molecule has 1 rings (SSSR count). The third-order valence-corrected chi connectivity index (χ3v) is 2.57. The van der Waals surface area contributed by atoms with E-state index in [2.05, 4.69) is 10.2 Å². The standard InChI is InChI=1S/C12H22N2O2/c1-2-4-6-8-11-15-16-12-10-14-13-9-7-5-3-1/h10,12H,1-9,11H2. The first-order chi connectivity index (χ1) is 8.00. The van der Waals surface area contributed by atoms with Crippen LogP contribution in [-0.4, -0.2) is 13.2 Å². The minimum absolute atomic E-state index is 0.654. The van der Waals surface area contributed by atoms with Crippen LogP contribution in [0.4, 0.5) is 0 Å². The third-order valence-electron chi connectivity index (χ3n) is 2.57. The Labute approximate surface area is 97.7 Å². The Kier molecular flexibility index (Phi) is 8.73. The first-order valence-electron chi connectivity index (χ1n) is 6.30. The van der Waals surface area contributed by atoms with Crippen LogP contribution in [0.25, 0.3) is 0 Å². The molecular weight excluding hydrogens is 204 g/mol. The Morgan fingerprint density at radius 1 is 0.812 bits per heavy atom. The molecule has 0 atom stereocenters. The Hall–Kier alpha value is -0.900. The van der Waals surface area contributed by atoms with Crippen molar-refractivity contribution < 1.29 is 9.78 Å². The fourth-order valence-electron chi connectivity index (χ4n) is 1.65. The van der Waals surface area contributed by atoms with Crippen LogP contribution in [0.5, 0.6) is 0 Å². The highest BCUT2D eigenvalue weighted by Gasteiger charge is 1.93. The molecule has 0 spiro atoms. The molecule has 0 N–H and O–H groups in total. The Morgan fingerprint density at radius 3 is 2.31 bits per heavy atom. The summed E-state index contributed by atoms with van der Waals surface area (Å²) in [5, 5.41) is 7.84. The van der Waals surface area contributed by atoms with Crippen LogP contribution in [-0.2, 0) is 9.78 Å². The van der Waals surface area contributed by atoms with Crippen molar-refractivity contribution in [1.29, 1.82) is 0 Å². The van der Waals surface area contributed by atoms with Gasteiger partial charge in [0, 0.05) is 0 Å². The highest BCUT2D eigenvalue weighted by atomic mass is 17.2. The van der Waals surface area contributed by atoms with Crippen LogP contribution in [0, 0.1) is 0 Å². The predicted octanol–water partition coefficient (Wildman–Crippen LogP) is 3.99. The summed E-state index contributed by atoms with van der Waals surface area (Å²) in [5.41, 5.74) is 0. The monoisotopic (exact) mass is 226 g/mol. The zero-order valence-electron chi connectivity index (χ0n) is 9.94. The van der Waals surface area contributed by atoms with Crippen molar-refractivity contribution in [1.82, 2.24) is 0 Å². The second kappa shape index (κ2) is 10.6. The molecule has 0 aliphatic carbocycles. The lowest BCUT2D eigenvalue weighted by Crippen LogP contribution is -1.92. The molecule has 0 aromatic heterocycles. The van der Waals surface area contributed by atoms with Crippen LogP contribution in [0.1, 0.15) is 51.4 Å². The molecule has 0 bridgehead atoms. The van der Waals surface area contributed by atoms with Gasteiger partial charge in [-0.1, -0.05) is 38.5 Å². The van der Waals surface area contributed by atoms with Crippen molar-refractivity contribution in [3.05, 3.63) is 12.5 Å². The zero-order chi connectivity index (χ0) is 11.3. The van der Waals surface area contributed by atoms with Crippen LogP contribution in [0.2, 0.25) is 0 Å². The molecule has 1 aliphatic rings. The molecule has 1 aliphatic heterocycles. The molecule has 92 valence electrons. The van der Waals surface area contributed by atoms with Crippen molar-refractivity contribution in [3.63, 3.8) is 0 Å². The maximum absolute atomic E-state index is 4.95. The topological polar surface area (TPSA) is 43.2 Å². The first-order valence-corrected chi connectivity index (χ1v) is 6.30. The van der Waals surface area contributed by atoms with E-state index >= 15 is 0 Å².